The van der Waals surface area contributed by atoms with Gasteiger partial charge in [0.2, 0.25) is 0 Å². The van der Waals surface area contributed by atoms with Crippen LogP contribution in [0.4, 0.5) is 0 Å². The quantitative estimate of drug-likeness (QED) is 0.432. The summed E-state index contributed by atoms with van der Waals surface area (Å²) in [6.45, 7) is 34.7. The SMILES string of the molecule is CCC(C)(C)C(C)(C)N1CCC(C(C)(C)CC(C)(C)N2C[C@H]3C[C@@H]2CN3C(C)(C)C)CC1. The summed E-state index contributed by atoms with van der Waals surface area (Å²) in [6, 6.07) is 1.51. The molecule has 0 aromatic heterocycles. The Labute approximate surface area is 201 Å². The Morgan fingerprint density at radius 2 is 1.22 bits per heavy atom. The average Bonchev–Trinajstić information content (AvgIpc) is 3.28. The molecule has 3 nitrogen and oxygen atoms in total. The standard InChI is InChI=1S/C29H57N3/c1-13-27(7,8)29(11,12)30-16-14-22(15-17-30)26(5,6)21-28(9,10)32-20-23-18-24(32)19-31(23)25(2,3)4/h22-24H,13-21H2,1-12H3/t23-,24-/m1/s1. The molecule has 3 aliphatic rings. The number of piperazine rings is 1. The van der Waals surface area contributed by atoms with Crippen molar-refractivity contribution in [1.29, 1.82) is 0 Å². The van der Waals surface area contributed by atoms with Crippen molar-refractivity contribution in [2.45, 2.75) is 144 Å². The summed E-state index contributed by atoms with van der Waals surface area (Å²) in [5.41, 5.74) is 1.61. The van der Waals surface area contributed by atoms with E-state index in [4.69, 9.17) is 0 Å². The van der Waals surface area contributed by atoms with E-state index in [0.29, 0.717) is 16.4 Å². The third-order valence-corrected chi connectivity index (χ3v) is 10.7. The highest BCUT2D eigenvalue weighted by Gasteiger charge is 2.52. The van der Waals surface area contributed by atoms with Crippen LogP contribution in [0.1, 0.15) is 115 Å². The fraction of sp³-hybridized carbons (Fsp3) is 1.00. The van der Waals surface area contributed by atoms with E-state index in [0.717, 1.165) is 18.0 Å². The summed E-state index contributed by atoms with van der Waals surface area (Å²) in [6.07, 6.45) is 6.64. The second-order valence-corrected chi connectivity index (χ2v) is 15.1. The van der Waals surface area contributed by atoms with Crippen LogP contribution in [-0.2, 0) is 0 Å². The van der Waals surface area contributed by atoms with E-state index in [-0.39, 0.29) is 11.1 Å². The minimum Gasteiger partial charge on any atom is -0.298 e. The Hall–Kier alpha value is -0.120. The summed E-state index contributed by atoms with van der Waals surface area (Å²) < 4.78 is 0. The number of likely N-dealkylation sites (tertiary alicyclic amines) is 3. The van der Waals surface area contributed by atoms with Crippen LogP contribution in [0.5, 0.6) is 0 Å². The van der Waals surface area contributed by atoms with Gasteiger partial charge in [-0.25, -0.2) is 0 Å². The number of hydrogen-bond acceptors (Lipinski definition) is 3. The monoisotopic (exact) mass is 447 g/mol. The van der Waals surface area contributed by atoms with Crippen LogP contribution in [0, 0.1) is 16.7 Å². The molecule has 0 spiro atoms. The topological polar surface area (TPSA) is 9.72 Å². The Bertz CT molecular complexity index is 646. The second-order valence-electron chi connectivity index (χ2n) is 15.1. The minimum atomic E-state index is 0.268. The van der Waals surface area contributed by atoms with Gasteiger partial charge in [0.25, 0.3) is 0 Å². The van der Waals surface area contributed by atoms with Gasteiger partial charge in [0.05, 0.1) is 0 Å². The molecule has 3 saturated heterocycles. The van der Waals surface area contributed by atoms with E-state index in [2.05, 4.69) is 97.8 Å². The van der Waals surface area contributed by atoms with Gasteiger partial charge in [-0.15, -0.1) is 0 Å². The summed E-state index contributed by atoms with van der Waals surface area (Å²) in [4.78, 5) is 8.46. The molecule has 0 aliphatic carbocycles. The van der Waals surface area contributed by atoms with Crippen LogP contribution in [0.15, 0.2) is 0 Å². The summed E-state index contributed by atoms with van der Waals surface area (Å²) in [5.74, 6) is 0.837. The van der Waals surface area contributed by atoms with Crippen LogP contribution in [0.3, 0.4) is 0 Å². The van der Waals surface area contributed by atoms with Crippen molar-refractivity contribution >= 4 is 0 Å². The molecule has 0 amide bonds. The van der Waals surface area contributed by atoms with Gasteiger partial charge in [-0.05, 0) is 110 Å². The zero-order chi connectivity index (χ0) is 24.3. The van der Waals surface area contributed by atoms with Crippen LogP contribution >= 0.6 is 0 Å². The van der Waals surface area contributed by atoms with Crippen molar-refractivity contribution in [2.75, 3.05) is 26.2 Å². The van der Waals surface area contributed by atoms with E-state index in [1.807, 2.05) is 0 Å². The smallest absolute Gasteiger partial charge is 0.0244 e. The molecule has 3 aliphatic heterocycles. The molecule has 188 valence electrons. The molecule has 0 radical (unpaired) electrons. The van der Waals surface area contributed by atoms with Crippen molar-refractivity contribution < 1.29 is 0 Å². The molecule has 0 aromatic rings. The fourth-order valence-electron chi connectivity index (χ4n) is 7.67. The lowest BCUT2D eigenvalue weighted by Crippen LogP contribution is -2.60. The first-order valence-electron chi connectivity index (χ1n) is 13.7. The zero-order valence-corrected chi connectivity index (χ0v) is 23.9. The number of nitrogens with zero attached hydrogens (tertiary/aromatic N) is 3. The predicted octanol–water partition coefficient (Wildman–Crippen LogP) is 6.67. The summed E-state index contributed by atoms with van der Waals surface area (Å²) >= 11 is 0. The molecule has 3 heterocycles. The summed E-state index contributed by atoms with van der Waals surface area (Å²) in [5, 5.41) is 0. The first-order chi connectivity index (χ1) is 14.4. The summed E-state index contributed by atoms with van der Waals surface area (Å²) in [7, 11) is 0. The lowest BCUT2D eigenvalue weighted by molar-refractivity contribution is -0.0448. The maximum atomic E-state index is 2.89. The molecule has 3 heteroatoms. The molecule has 32 heavy (non-hydrogen) atoms. The molecule has 0 unspecified atom stereocenters. The van der Waals surface area contributed by atoms with E-state index in [9.17, 15) is 0 Å². The van der Waals surface area contributed by atoms with Crippen molar-refractivity contribution in [3.05, 3.63) is 0 Å². The third kappa shape index (κ3) is 4.82. The number of fused-ring (bicyclic) bond motifs is 2. The first kappa shape index (κ1) is 26.5. The maximum Gasteiger partial charge on any atom is 0.0244 e. The van der Waals surface area contributed by atoms with Gasteiger partial charge >= 0.3 is 0 Å². The Kier molecular flexibility index (Phi) is 7.05. The van der Waals surface area contributed by atoms with Gasteiger partial charge in [0, 0.05) is 41.8 Å². The highest BCUT2D eigenvalue weighted by Crippen LogP contribution is 2.48. The van der Waals surface area contributed by atoms with E-state index in [1.165, 1.54) is 58.3 Å². The van der Waals surface area contributed by atoms with Crippen molar-refractivity contribution in [1.82, 2.24) is 14.7 Å². The van der Waals surface area contributed by atoms with Crippen LogP contribution in [-0.4, -0.2) is 69.6 Å². The predicted molar refractivity (Wildman–Crippen MR) is 140 cm³/mol. The lowest BCUT2D eigenvalue weighted by Gasteiger charge is -2.54. The largest absolute Gasteiger partial charge is 0.298 e. The average molecular weight is 448 g/mol. The molecule has 0 saturated carbocycles. The third-order valence-electron chi connectivity index (χ3n) is 10.7. The van der Waals surface area contributed by atoms with Gasteiger partial charge in [0.15, 0.2) is 0 Å². The molecule has 3 rings (SSSR count). The highest BCUT2D eigenvalue weighted by molar-refractivity contribution is 5.08. The first-order valence-corrected chi connectivity index (χ1v) is 13.7. The lowest BCUT2D eigenvalue weighted by atomic mass is 9.66. The van der Waals surface area contributed by atoms with Gasteiger partial charge < -0.3 is 0 Å². The van der Waals surface area contributed by atoms with E-state index in [1.54, 1.807) is 0 Å². The van der Waals surface area contributed by atoms with Crippen LogP contribution in [0.2, 0.25) is 0 Å². The fourth-order valence-corrected chi connectivity index (χ4v) is 7.67. The van der Waals surface area contributed by atoms with Crippen molar-refractivity contribution in [2.24, 2.45) is 16.7 Å². The Morgan fingerprint density at radius 1 is 0.719 bits per heavy atom. The van der Waals surface area contributed by atoms with Gasteiger partial charge in [-0.2, -0.15) is 0 Å². The second kappa shape index (κ2) is 8.52. The van der Waals surface area contributed by atoms with E-state index >= 15 is 0 Å². The molecular formula is C29H57N3. The number of hydrogen-bond donors (Lipinski definition) is 0. The maximum absolute atomic E-state index is 2.89. The Morgan fingerprint density at radius 3 is 1.66 bits per heavy atom. The molecule has 2 bridgehead atoms. The molecule has 3 fully saturated rings. The molecular weight excluding hydrogens is 390 g/mol. The zero-order valence-electron chi connectivity index (χ0n) is 23.9. The van der Waals surface area contributed by atoms with Gasteiger partial charge in [-0.1, -0.05) is 34.6 Å². The highest BCUT2D eigenvalue weighted by atomic mass is 15.4. The van der Waals surface area contributed by atoms with Gasteiger partial charge in [-0.3, -0.25) is 14.7 Å². The Balaban J connectivity index is 1.60. The molecule has 2 atom stereocenters. The minimum absolute atomic E-state index is 0.268. The normalized spacial score (nSPS) is 28.1. The van der Waals surface area contributed by atoms with Crippen molar-refractivity contribution in [3.63, 3.8) is 0 Å². The van der Waals surface area contributed by atoms with Crippen LogP contribution in [0.25, 0.3) is 0 Å². The van der Waals surface area contributed by atoms with Gasteiger partial charge in [0.1, 0.15) is 0 Å². The molecule has 0 aromatic carbocycles. The number of piperidine rings is 1. The van der Waals surface area contributed by atoms with Crippen LogP contribution < -0.4 is 0 Å². The molecule has 0 N–H and O–H groups in total. The van der Waals surface area contributed by atoms with E-state index < -0.39 is 0 Å². The van der Waals surface area contributed by atoms with Crippen molar-refractivity contribution in [3.8, 4) is 0 Å². The number of rotatable bonds is 7.